The van der Waals surface area contributed by atoms with E-state index in [0.717, 1.165) is 4.47 Å². The van der Waals surface area contributed by atoms with E-state index in [1.54, 1.807) is 28.8 Å². The molecule has 0 amide bonds. The topological polar surface area (TPSA) is 69.9 Å². The van der Waals surface area contributed by atoms with Crippen LogP contribution in [0.25, 0.3) is 5.65 Å². The second kappa shape index (κ2) is 6.74. The minimum Gasteiger partial charge on any atom is -0.478 e. The highest BCUT2D eigenvalue weighted by atomic mass is 79.9. The SMILES string of the molecule is CN(C)c1cnc2c(Cl)c(Nc3ccc(Br)cc3Cl)c(C(=O)O)cn12. The van der Waals surface area contributed by atoms with Gasteiger partial charge in [0.05, 0.1) is 22.6 Å². The zero-order chi connectivity index (χ0) is 18.3. The summed E-state index contributed by atoms with van der Waals surface area (Å²) in [5.41, 5.74) is 1.24. The van der Waals surface area contributed by atoms with Crippen LogP contribution in [0.5, 0.6) is 0 Å². The average Bonchev–Trinajstić information content (AvgIpc) is 2.96. The summed E-state index contributed by atoms with van der Waals surface area (Å²) < 4.78 is 2.45. The first-order valence-electron chi connectivity index (χ1n) is 7.12. The lowest BCUT2D eigenvalue weighted by molar-refractivity contribution is 0.0697. The van der Waals surface area contributed by atoms with Gasteiger partial charge in [-0.1, -0.05) is 39.1 Å². The maximum Gasteiger partial charge on any atom is 0.339 e. The van der Waals surface area contributed by atoms with Crippen molar-refractivity contribution in [3.05, 3.63) is 50.7 Å². The van der Waals surface area contributed by atoms with Gasteiger partial charge in [0.15, 0.2) is 5.65 Å². The molecule has 0 atom stereocenters. The molecular weight excluding hydrogens is 431 g/mol. The lowest BCUT2D eigenvalue weighted by atomic mass is 10.2. The molecule has 3 aromatic rings. The number of aromatic nitrogens is 2. The van der Waals surface area contributed by atoms with E-state index in [2.05, 4.69) is 26.2 Å². The van der Waals surface area contributed by atoms with Gasteiger partial charge in [-0.15, -0.1) is 0 Å². The number of pyridine rings is 1. The number of fused-ring (bicyclic) bond motifs is 1. The molecule has 1 aromatic carbocycles. The number of hydrogen-bond donors (Lipinski definition) is 2. The Labute approximate surface area is 162 Å². The van der Waals surface area contributed by atoms with Crippen LogP contribution in [0.15, 0.2) is 35.1 Å². The third-order valence-corrected chi connectivity index (χ3v) is 4.76. The van der Waals surface area contributed by atoms with Crippen LogP contribution < -0.4 is 10.2 Å². The normalized spacial score (nSPS) is 10.9. The molecule has 25 heavy (non-hydrogen) atoms. The van der Waals surface area contributed by atoms with Crippen LogP contribution in [0.1, 0.15) is 10.4 Å². The first-order chi connectivity index (χ1) is 11.8. The number of anilines is 3. The Balaban J connectivity index is 2.21. The van der Waals surface area contributed by atoms with Crippen molar-refractivity contribution in [3.8, 4) is 0 Å². The van der Waals surface area contributed by atoms with Crippen LogP contribution in [0.4, 0.5) is 17.2 Å². The lowest BCUT2D eigenvalue weighted by Gasteiger charge is -2.16. The maximum atomic E-state index is 11.8. The van der Waals surface area contributed by atoms with E-state index in [9.17, 15) is 9.90 Å². The highest BCUT2D eigenvalue weighted by Crippen LogP contribution is 2.36. The number of carboxylic acid groups (broad SMARTS) is 1. The number of rotatable bonds is 4. The van der Waals surface area contributed by atoms with Crippen molar-refractivity contribution in [2.24, 2.45) is 0 Å². The molecule has 0 aliphatic rings. The molecule has 0 fully saturated rings. The van der Waals surface area contributed by atoms with Gasteiger partial charge in [-0.05, 0) is 18.2 Å². The van der Waals surface area contributed by atoms with Crippen LogP contribution in [0.2, 0.25) is 10.0 Å². The van der Waals surface area contributed by atoms with Gasteiger partial charge >= 0.3 is 5.97 Å². The standard InChI is InChI=1S/C16H13BrCl2N4O2/c1-22(2)12-6-20-15-13(19)14(9(16(24)25)7-23(12)15)21-11-4-3-8(17)5-10(11)18/h3-7,21H,1-2H3,(H,24,25). The summed E-state index contributed by atoms with van der Waals surface area (Å²) in [7, 11) is 3.68. The van der Waals surface area contributed by atoms with Gasteiger partial charge in [0.25, 0.3) is 0 Å². The fraction of sp³-hybridized carbons (Fsp3) is 0.125. The summed E-state index contributed by atoms with van der Waals surface area (Å²) in [6, 6.07) is 5.23. The van der Waals surface area contributed by atoms with Gasteiger partial charge in [-0.2, -0.15) is 0 Å². The number of nitrogens with one attached hydrogen (secondary N) is 1. The predicted molar refractivity (Wildman–Crippen MR) is 104 cm³/mol. The first-order valence-corrected chi connectivity index (χ1v) is 8.66. The van der Waals surface area contributed by atoms with Crippen LogP contribution >= 0.6 is 39.1 Å². The largest absolute Gasteiger partial charge is 0.478 e. The van der Waals surface area contributed by atoms with Crippen LogP contribution in [0, 0.1) is 0 Å². The lowest BCUT2D eigenvalue weighted by Crippen LogP contribution is -2.13. The summed E-state index contributed by atoms with van der Waals surface area (Å²) in [5.74, 6) is -0.398. The third-order valence-electron chi connectivity index (χ3n) is 3.60. The number of carboxylic acids is 1. The van der Waals surface area contributed by atoms with E-state index < -0.39 is 5.97 Å². The van der Waals surface area contributed by atoms with Crippen molar-refractivity contribution in [1.29, 1.82) is 0 Å². The van der Waals surface area contributed by atoms with E-state index in [4.69, 9.17) is 23.2 Å². The third kappa shape index (κ3) is 3.27. The van der Waals surface area contributed by atoms with Gasteiger partial charge in [-0.3, -0.25) is 4.40 Å². The molecule has 9 heteroatoms. The van der Waals surface area contributed by atoms with E-state index in [1.807, 2.05) is 19.0 Å². The molecule has 2 heterocycles. The summed E-state index contributed by atoms with van der Waals surface area (Å²) in [5, 5.41) is 13.3. The summed E-state index contributed by atoms with van der Waals surface area (Å²) in [6.45, 7) is 0. The van der Waals surface area contributed by atoms with E-state index in [-0.39, 0.29) is 16.3 Å². The fourth-order valence-electron chi connectivity index (χ4n) is 2.41. The Morgan fingerprint density at radius 1 is 1.36 bits per heavy atom. The van der Waals surface area contributed by atoms with Crippen molar-refractivity contribution in [2.45, 2.75) is 0 Å². The van der Waals surface area contributed by atoms with Crippen molar-refractivity contribution in [3.63, 3.8) is 0 Å². The number of benzene rings is 1. The molecule has 6 nitrogen and oxygen atoms in total. The van der Waals surface area contributed by atoms with Gasteiger partial charge in [0, 0.05) is 24.8 Å². The van der Waals surface area contributed by atoms with Crippen LogP contribution in [-0.4, -0.2) is 34.6 Å². The first kappa shape index (κ1) is 17.8. The van der Waals surface area contributed by atoms with Crippen LogP contribution in [-0.2, 0) is 0 Å². The number of halogens is 3. The molecule has 0 aliphatic carbocycles. The number of carbonyl (C=O) groups is 1. The highest BCUT2D eigenvalue weighted by Gasteiger charge is 2.21. The Hall–Kier alpha value is -1.96. The molecule has 0 spiro atoms. The zero-order valence-electron chi connectivity index (χ0n) is 13.2. The highest BCUT2D eigenvalue weighted by molar-refractivity contribution is 9.10. The number of nitrogens with zero attached hydrogens (tertiary/aromatic N) is 3. The van der Waals surface area contributed by atoms with Crippen molar-refractivity contribution in [1.82, 2.24) is 9.38 Å². The van der Waals surface area contributed by atoms with Gasteiger partial charge in [0.1, 0.15) is 16.4 Å². The van der Waals surface area contributed by atoms with Crippen molar-refractivity contribution < 1.29 is 9.90 Å². The monoisotopic (exact) mass is 442 g/mol. The minimum absolute atomic E-state index is 0.0117. The Morgan fingerprint density at radius 2 is 2.08 bits per heavy atom. The number of hydrogen-bond acceptors (Lipinski definition) is 4. The second-order valence-electron chi connectivity index (χ2n) is 5.49. The fourth-order valence-corrected chi connectivity index (χ4v) is 3.42. The van der Waals surface area contributed by atoms with Gasteiger partial charge in [0.2, 0.25) is 0 Å². The molecule has 2 N–H and O–H groups in total. The maximum absolute atomic E-state index is 11.8. The number of aromatic carboxylic acids is 1. The summed E-state index contributed by atoms with van der Waals surface area (Å²) in [6.07, 6.45) is 3.12. The van der Waals surface area contributed by atoms with Gasteiger partial charge in [-0.25, -0.2) is 9.78 Å². The van der Waals surface area contributed by atoms with E-state index in [0.29, 0.717) is 22.2 Å². The van der Waals surface area contributed by atoms with E-state index in [1.165, 1.54) is 6.20 Å². The molecular formula is C16H13BrCl2N4O2. The minimum atomic E-state index is -1.11. The molecule has 0 unspecified atom stereocenters. The Kier molecular flexibility index (Phi) is 4.81. The summed E-state index contributed by atoms with van der Waals surface area (Å²) >= 11 is 16.0. The number of imidazole rings is 1. The van der Waals surface area contributed by atoms with Crippen LogP contribution in [0.3, 0.4) is 0 Å². The molecule has 130 valence electrons. The zero-order valence-corrected chi connectivity index (χ0v) is 16.3. The molecule has 0 saturated heterocycles. The summed E-state index contributed by atoms with van der Waals surface area (Å²) in [4.78, 5) is 17.9. The molecule has 0 saturated carbocycles. The second-order valence-corrected chi connectivity index (χ2v) is 7.19. The molecule has 0 aliphatic heterocycles. The Bertz CT molecular complexity index is 988. The smallest absolute Gasteiger partial charge is 0.339 e. The predicted octanol–water partition coefficient (Wildman–Crippen LogP) is 4.91. The quantitative estimate of drug-likeness (QED) is 0.599. The van der Waals surface area contributed by atoms with Crippen molar-refractivity contribution >= 4 is 67.9 Å². The molecule has 3 rings (SSSR count). The molecule has 0 radical (unpaired) electrons. The van der Waals surface area contributed by atoms with Crippen molar-refractivity contribution in [2.75, 3.05) is 24.3 Å². The average molecular weight is 444 g/mol. The Morgan fingerprint density at radius 3 is 2.68 bits per heavy atom. The van der Waals surface area contributed by atoms with E-state index >= 15 is 0 Å². The van der Waals surface area contributed by atoms with Gasteiger partial charge < -0.3 is 15.3 Å². The molecule has 0 bridgehead atoms. The molecule has 2 aromatic heterocycles.